The number of ether oxygens (including phenoxy) is 3. The Kier molecular flexibility index (Phi) is 7.94. The highest BCUT2D eigenvalue weighted by molar-refractivity contribution is 7.98. The largest absolute Gasteiger partial charge is 0.497 e. The van der Waals surface area contributed by atoms with E-state index in [1.807, 2.05) is 19.9 Å². The number of carbonyl (C=O) groups excluding carboxylic acids is 1. The summed E-state index contributed by atoms with van der Waals surface area (Å²) in [5, 5.41) is 3.44. The van der Waals surface area contributed by atoms with Crippen molar-refractivity contribution in [2.75, 3.05) is 26.6 Å². The highest BCUT2D eigenvalue weighted by Crippen LogP contribution is 2.29. The number of carbonyl (C=O) groups is 1. The van der Waals surface area contributed by atoms with Crippen LogP contribution in [0.25, 0.3) is 0 Å². The van der Waals surface area contributed by atoms with Crippen molar-refractivity contribution in [2.45, 2.75) is 31.3 Å². The minimum atomic E-state index is -0.293. The third kappa shape index (κ3) is 6.26. The molecule has 174 valence electrons. The molecule has 0 atom stereocenters. The number of nitrogens with zero attached hydrogens (tertiary/aromatic N) is 3. The molecule has 9 nitrogen and oxygen atoms in total. The summed E-state index contributed by atoms with van der Waals surface area (Å²) in [6, 6.07) is 8.48. The first-order chi connectivity index (χ1) is 15.8. The predicted octanol–water partition coefficient (Wildman–Crippen LogP) is 3.21. The lowest BCUT2D eigenvalue weighted by molar-refractivity contribution is -0.116. The normalized spacial score (nSPS) is 10.6. The van der Waals surface area contributed by atoms with E-state index in [2.05, 4.69) is 15.3 Å². The van der Waals surface area contributed by atoms with E-state index in [-0.39, 0.29) is 23.6 Å². The second-order valence-electron chi connectivity index (χ2n) is 7.16. The quantitative estimate of drug-likeness (QED) is 0.376. The summed E-state index contributed by atoms with van der Waals surface area (Å²) >= 11 is 1.39. The van der Waals surface area contributed by atoms with Crippen LogP contribution in [0.4, 0.5) is 5.69 Å². The number of benzene rings is 1. The Morgan fingerprint density at radius 1 is 1.00 bits per heavy atom. The molecule has 33 heavy (non-hydrogen) atoms. The van der Waals surface area contributed by atoms with Crippen molar-refractivity contribution >= 4 is 23.4 Å². The van der Waals surface area contributed by atoms with Crippen molar-refractivity contribution in [1.82, 2.24) is 14.5 Å². The molecular weight excluding hydrogens is 444 g/mol. The van der Waals surface area contributed by atoms with Crippen LogP contribution in [0.3, 0.4) is 0 Å². The number of aryl methyl sites for hydroxylation is 2. The van der Waals surface area contributed by atoms with Gasteiger partial charge in [0.2, 0.25) is 11.3 Å². The molecule has 0 spiro atoms. The summed E-state index contributed by atoms with van der Waals surface area (Å²) < 4.78 is 17.4. The van der Waals surface area contributed by atoms with Gasteiger partial charge in [0, 0.05) is 35.0 Å². The maximum Gasteiger partial charge on any atom is 0.244 e. The first kappa shape index (κ1) is 24.1. The minimum absolute atomic E-state index is 0.0323. The van der Waals surface area contributed by atoms with Crippen molar-refractivity contribution in [2.24, 2.45) is 0 Å². The van der Waals surface area contributed by atoms with Gasteiger partial charge < -0.3 is 24.1 Å². The van der Waals surface area contributed by atoms with Gasteiger partial charge in [-0.3, -0.25) is 9.59 Å². The fourth-order valence-electron chi connectivity index (χ4n) is 3.16. The van der Waals surface area contributed by atoms with Gasteiger partial charge in [0.1, 0.15) is 18.0 Å². The topological polar surface area (TPSA) is 105 Å². The van der Waals surface area contributed by atoms with Crippen LogP contribution in [0.2, 0.25) is 0 Å². The number of methoxy groups -OCH3 is 3. The molecule has 0 aliphatic rings. The number of anilines is 1. The number of thioether (sulfide) groups is 1. The fraction of sp³-hybridized carbons (Fsp3) is 0.304. The Morgan fingerprint density at radius 3 is 2.33 bits per heavy atom. The summed E-state index contributed by atoms with van der Waals surface area (Å²) in [7, 11) is 4.49. The molecule has 0 saturated heterocycles. The fourth-order valence-corrected chi connectivity index (χ4v) is 4.10. The van der Waals surface area contributed by atoms with E-state index in [9.17, 15) is 9.59 Å². The minimum Gasteiger partial charge on any atom is -0.497 e. The molecule has 3 aromatic rings. The number of aromatic nitrogens is 3. The summed E-state index contributed by atoms with van der Waals surface area (Å²) in [6.45, 7) is 3.77. The third-order valence-corrected chi connectivity index (χ3v) is 5.59. The van der Waals surface area contributed by atoms with E-state index in [1.54, 1.807) is 29.9 Å². The van der Waals surface area contributed by atoms with Crippen LogP contribution in [0.15, 0.2) is 46.5 Å². The summed E-state index contributed by atoms with van der Waals surface area (Å²) in [4.78, 5) is 34.0. The first-order valence-corrected chi connectivity index (χ1v) is 11.1. The second kappa shape index (κ2) is 10.9. The second-order valence-corrected chi connectivity index (χ2v) is 8.10. The number of rotatable bonds is 9. The van der Waals surface area contributed by atoms with E-state index in [4.69, 9.17) is 14.2 Å². The van der Waals surface area contributed by atoms with Crippen molar-refractivity contribution in [3.05, 3.63) is 63.8 Å². The monoisotopic (exact) mass is 470 g/mol. The van der Waals surface area contributed by atoms with Gasteiger partial charge in [0.15, 0.2) is 10.9 Å². The average Bonchev–Trinajstić information content (AvgIpc) is 2.78. The van der Waals surface area contributed by atoms with E-state index in [0.29, 0.717) is 33.8 Å². The van der Waals surface area contributed by atoms with Gasteiger partial charge in [-0.25, -0.2) is 9.97 Å². The van der Waals surface area contributed by atoms with E-state index >= 15 is 0 Å². The maximum absolute atomic E-state index is 12.8. The van der Waals surface area contributed by atoms with Crippen LogP contribution in [0, 0.1) is 13.8 Å². The molecule has 0 saturated carbocycles. The maximum atomic E-state index is 12.8. The van der Waals surface area contributed by atoms with Crippen molar-refractivity contribution in [1.29, 1.82) is 0 Å². The Balaban J connectivity index is 1.82. The van der Waals surface area contributed by atoms with E-state index < -0.39 is 0 Å². The molecule has 1 amide bonds. The smallest absolute Gasteiger partial charge is 0.244 e. The van der Waals surface area contributed by atoms with Crippen LogP contribution >= 0.6 is 11.8 Å². The Hall–Kier alpha value is -3.53. The van der Waals surface area contributed by atoms with Gasteiger partial charge in [-0.05, 0) is 32.0 Å². The Morgan fingerprint density at radius 2 is 1.70 bits per heavy atom. The zero-order valence-corrected chi connectivity index (χ0v) is 20.0. The van der Waals surface area contributed by atoms with Crippen molar-refractivity contribution in [3.63, 3.8) is 0 Å². The van der Waals surface area contributed by atoms with Crippen molar-refractivity contribution < 1.29 is 19.0 Å². The number of hydrogen-bond acceptors (Lipinski definition) is 8. The van der Waals surface area contributed by atoms with Gasteiger partial charge in [-0.2, -0.15) is 0 Å². The van der Waals surface area contributed by atoms with Gasteiger partial charge in [0.05, 0.1) is 33.2 Å². The molecule has 3 rings (SSSR count). The molecule has 10 heteroatoms. The lowest BCUT2D eigenvalue weighted by Gasteiger charge is -2.16. The zero-order chi connectivity index (χ0) is 24.0. The summed E-state index contributed by atoms with van der Waals surface area (Å²) in [6.07, 6.45) is 1.53. The SMILES string of the molecule is COc1ccc(NC(=O)Cn2cc(OC)c(=O)cc2CSc2nc(C)cc(C)n2)c(OC)c1. The molecule has 0 aliphatic carbocycles. The highest BCUT2D eigenvalue weighted by atomic mass is 32.2. The molecule has 0 aliphatic heterocycles. The Labute approximate surface area is 196 Å². The molecule has 0 bridgehead atoms. The van der Waals surface area contributed by atoms with Crippen LogP contribution in [-0.2, 0) is 17.1 Å². The molecule has 1 aromatic carbocycles. The highest BCUT2D eigenvalue weighted by Gasteiger charge is 2.14. The van der Waals surface area contributed by atoms with Crippen LogP contribution in [0.1, 0.15) is 17.1 Å². The molecule has 0 fully saturated rings. The molecule has 0 radical (unpaired) electrons. The van der Waals surface area contributed by atoms with Crippen LogP contribution in [-0.4, -0.2) is 41.8 Å². The summed E-state index contributed by atoms with van der Waals surface area (Å²) in [5.41, 5.74) is 2.62. The first-order valence-electron chi connectivity index (χ1n) is 10.1. The van der Waals surface area contributed by atoms with Crippen molar-refractivity contribution in [3.8, 4) is 17.2 Å². The average molecular weight is 471 g/mol. The predicted molar refractivity (Wildman–Crippen MR) is 126 cm³/mol. The lowest BCUT2D eigenvalue weighted by Crippen LogP contribution is -2.23. The number of hydrogen-bond donors (Lipinski definition) is 1. The zero-order valence-electron chi connectivity index (χ0n) is 19.2. The van der Waals surface area contributed by atoms with Crippen LogP contribution < -0.4 is 25.0 Å². The molecule has 2 heterocycles. The van der Waals surface area contributed by atoms with E-state index in [1.165, 1.54) is 38.2 Å². The summed E-state index contributed by atoms with van der Waals surface area (Å²) in [5.74, 6) is 1.35. The lowest BCUT2D eigenvalue weighted by atomic mass is 10.2. The number of amides is 1. The number of pyridine rings is 1. The number of nitrogens with one attached hydrogen (secondary N) is 1. The Bertz CT molecular complexity index is 1190. The molecule has 1 N–H and O–H groups in total. The molecule has 0 unspecified atom stereocenters. The third-order valence-electron chi connectivity index (χ3n) is 4.71. The van der Waals surface area contributed by atoms with Gasteiger partial charge in [0.25, 0.3) is 0 Å². The van der Waals surface area contributed by atoms with Crippen LogP contribution in [0.5, 0.6) is 17.2 Å². The van der Waals surface area contributed by atoms with Gasteiger partial charge in [-0.15, -0.1) is 0 Å². The molecular formula is C23H26N4O5S. The van der Waals surface area contributed by atoms with E-state index in [0.717, 1.165) is 11.4 Å². The molecule has 2 aromatic heterocycles. The van der Waals surface area contributed by atoms with Gasteiger partial charge in [-0.1, -0.05) is 11.8 Å². The standard InChI is InChI=1S/C23H26N4O5S/c1-14-8-15(2)25-23(24-14)33-13-16-9-19(28)21(32-5)11-27(16)12-22(29)26-18-7-6-17(30-3)10-20(18)31-4/h6-11H,12-13H2,1-5H3,(H,26,29). The van der Waals surface area contributed by atoms with Gasteiger partial charge >= 0.3 is 0 Å².